The molecular formula is C28H34N2O6. The van der Waals surface area contributed by atoms with E-state index in [1.165, 1.54) is 6.42 Å². The van der Waals surface area contributed by atoms with Gasteiger partial charge >= 0.3 is 0 Å². The minimum Gasteiger partial charge on any atom is -0.508 e. The average molecular weight is 495 g/mol. The van der Waals surface area contributed by atoms with Crippen molar-refractivity contribution < 1.29 is 28.9 Å². The number of fused-ring (bicyclic) bond motifs is 1. The molecule has 8 heteroatoms. The van der Waals surface area contributed by atoms with Crippen molar-refractivity contribution in [1.82, 2.24) is 10.2 Å². The Balaban J connectivity index is 1.45. The molecule has 2 aromatic rings. The maximum Gasteiger partial charge on any atom is 0.268 e. The molecule has 8 nitrogen and oxygen atoms in total. The zero-order valence-electron chi connectivity index (χ0n) is 20.4. The predicted octanol–water partition coefficient (Wildman–Crippen LogP) is 3.73. The Morgan fingerprint density at radius 1 is 0.972 bits per heavy atom. The average Bonchev–Trinajstić information content (AvgIpc) is 3.42. The number of aromatic hydroxyl groups is 1. The number of phenolic OH excluding ortho intramolecular Hbond substituents is 1. The fourth-order valence-corrected chi connectivity index (χ4v) is 5.31. The van der Waals surface area contributed by atoms with Crippen LogP contribution in [0, 0.1) is 0 Å². The first-order valence-corrected chi connectivity index (χ1v) is 13.0. The first kappa shape index (κ1) is 24.4. The third kappa shape index (κ3) is 5.59. The molecule has 2 fully saturated rings. The van der Waals surface area contributed by atoms with Crippen LogP contribution in [-0.4, -0.2) is 59.8 Å². The largest absolute Gasteiger partial charge is 0.508 e. The van der Waals surface area contributed by atoms with Gasteiger partial charge in [0.2, 0.25) is 12.0 Å². The van der Waals surface area contributed by atoms with Gasteiger partial charge in [-0.15, -0.1) is 0 Å². The molecule has 0 aromatic heterocycles. The summed E-state index contributed by atoms with van der Waals surface area (Å²) in [5, 5.41) is 13.1. The molecule has 5 rings (SSSR count). The number of phenols is 1. The molecule has 192 valence electrons. The number of benzene rings is 2. The van der Waals surface area contributed by atoms with Crippen LogP contribution in [0.3, 0.4) is 0 Å². The summed E-state index contributed by atoms with van der Waals surface area (Å²) in [6.45, 7) is 0.968. The minimum atomic E-state index is -0.886. The second-order valence-electron chi connectivity index (χ2n) is 9.83. The molecule has 1 saturated heterocycles. The summed E-state index contributed by atoms with van der Waals surface area (Å²) in [7, 11) is 0. The molecule has 2 N–H and O–H groups in total. The van der Waals surface area contributed by atoms with Crippen LogP contribution in [0.25, 0.3) is 0 Å². The number of carbonyl (C=O) groups is 2. The van der Waals surface area contributed by atoms with Gasteiger partial charge in [0.05, 0.1) is 6.10 Å². The fourth-order valence-electron chi connectivity index (χ4n) is 5.31. The van der Waals surface area contributed by atoms with E-state index in [-0.39, 0.29) is 42.9 Å². The Hall–Kier alpha value is -3.26. The summed E-state index contributed by atoms with van der Waals surface area (Å²) in [5.41, 5.74) is 0.629. The first-order valence-electron chi connectivity index (χ1n) is 13.0. The Kier molecular flexibility index (Phi) is 7.60. The van der Waals surface area contributed by atoms with Crippen LogP contribution in [0.15, 0.2) is 48.5 Å². The number of nitrogens with one attached hydrogen (secondary N) is 1. The summed E-state index contributed by atoms with van der Waals surface area (Å²) >= 11 is 0. The van der Waals surface area contributed by atoms with Gasteiger partial charge in [-0.05, 0) is 55.5 Å². The van der Waals surface area contributed by atoms with E-state index in [9.17, 15) is 14.7 Å². The molecule has 0 spiro atoms. The van der Waals surface area contributed by atoms with Crippen LogP contribution in [0.1, 0.15) is 56.6 Å². The van der Waals surface area contributed by atoms with Gasteiger partial charge in [-0.2, -0.15) is 0 Å². The number of rotatable bonds is 7. The fraction of sp³-hybridized carbons (Fsp3) is 0.500. The smallest absolute Gasteiger partial charge is 0.268 e. The van der Waals surface area contributed by atoms with E-state index in [2.05, 4.69) is 5.32 Å². The Morgan fingerprint density at radius 3 is 2.44 bits per heavy atom. The molecular weight excluding hydrogens is 460 g/mol. The van der Waals surface area contributed by atoms with E-state index in [1.54, 1.807) is 41.3 Å². The molecule has 2 aliphatic heterocycles. The molecule has 0 unspecified atom stereocenters. The van der Waals surface area contributed by atoms with E-state index >= 15 is 0 Å². The zero-order valence-corrected chi connectivity index (χ0v) is 20.4. The first-order chi connectivity index (χ1) is 17.6. The Bertz CT molecular complexity index is 1050. The predicted molar refractivity (Wildman–Crippen MR) is 133 cm³/mol. The van der Waals surface area contributed by atoms with Crippen LogP contribution in [0.2, 0.25) is 0 Å². The van der Waals surface area contributed by atoms with Crippen LogP contribution >= 0.6 is 0 Å². The number of ether oxygens (including phenoxy) is 3. The number of hydrogen-bond acceptors (Lipinski definition) is 6. The molecule has 1 saturated carbocycles. The lowest BCUT2D eigenvalue weighted by Gasteiger charge is -2.37. The lowest BCUT2D eigenvalue weighted by Crippen LogP contribution is -2.54. The van der Waals surface area contributed by atoms with Crippen molar-refractivity contribution in [3.05, 3.63) is 54.1 Å². The standard InChI is InChI=1S/C28H34N2O6/c31-21-14-12-19(13-15-21)26(27(32)29-20-7-2-1-3-8-20)30(17-22-9-6-16-34-22)28(33)25-18-35-23-10-4-5-11-24(23)36-25/h4-5,10-15,20,22,25-26,31H,1-3,6-9,16-18H2,(H,29,32)/t22-,25-,26-/m0/s1. The molecule has 2 heterocycles. The van der Waals surface area contributed by atoms with E-state index in [0.29, 0.717) is 23.7 Å². The minimum absolute atomic E-state index is 0.0599. The Morgan fingerprint density at radius 2 is 1.72 bits per heavy atom. The van der Waals surface area contributed by atoms with E-state index in [1.807, 2.05) is 12.1 Å². The van der Waals surface area contributed by atoms with Crippen molar-refractivity contribution in [2.24, 2.45) is 0 Å². The van der Waals surface area contributed by atoms with Crippen LogP contribution in [-0.2, 0) is 14.3 Å². The van der Waals surface area contributed by atoms with Gasteiger partial charge in [-0.1, -0.05) is 43.5 Å². The van der Waals surface area contributed by atoms with Gasteiger partial charge in [0.1, 0.15) is 18.4 Å². The monoisotopic (exact) mass is 494 g/mol. The van der Waals surface area contributed by atoms with Gasteiger partial charge < -0.3 is 29.5 Å². The van der Waals surface area contributed by atoms with Gasteiger partial charge in [0.25, 0.3) is 5.91 Å². The summed E-state index contributed by atoms with van der Waals surface area (Å²) in [6.07, 6.45) is 5.91. The summed E-state index contributed by atoms with van der Waals surface area (Å²) in [6, 6.07) is 12.9. The maximum atomic E-state index is 14.0. The number of para-hydroxylation sites is 2. The highest BCUT2D eigenvalue weighted by Gasteiger charge is 2.40. The van der Waals surface area contributed by atoms with Crippen LogP contribution in [0.5, 0.6) is 17.2 Å². The van der Waals surface area contributed by atoms with Gasteiger partial charge in [-0.3, -0.25) is 9.59 Å². The van der Waals surface area contributed by atoms with Crippen molar-refractivity contribution in [1.29, 1.82) is 0 Å². The van der Waals surface area contributed by atoms with Crippen molar-refractivity contribution >= 4 is 11.8 Å². The molecule has 3 aliphatic rings. The molecule has 3 atom stereocenters. The topological polar surface area (TPSA) is 97.3 Å². The molecule has 1 aliphatic carbocycles. The van der Waals surface area contributed by atoms with Crippen LogP contribution in [0.4, 0.5) is 0 Å². The summed E-state index contributed by atoms with van der Waals surface area (Å²) in [4.78, 5) is 29.4. The highest BCUT2D eigenvalue weighted by Crippen LogP contribution is 2.33. The molecule has 0 bridgehead atoms. The SMILES string of the molecule is O=C(NC1CCCCC1)[C@H](c1ccc(O)cc1)N(C[C@@H]1CCCO1)C(=O)[C@@H]1COc2ccccc2O1. The number of carbonyl (C=O) groups excluding carboxylic acids is 2. The number of nitrogens with zero attached hydrogens (tertiary/aromatic N) is 1. The molecule has 2 amide bonds. The zero-order chi connectivity index (χ0) is 24.9. The molecule has 0 radical (unpaired) electrons. The number of amides is 2. The number of hydrogen-bond donors (Lipinski definition) is 2. The normalized spacial score (nSPS) is 22.6. The quantitative estimate of drug-likeness (QED) is 0.609. The third-order valence-corrected chi connectivity index (χ3v) is 7.21. The summed E-state index contributed by atoms with van der Waals surface area (Å²) < 4.78 is 17.7. The third-order valence-electron chi connectivity index (χ3n) is 7.21. The highest BCUT2D eigenvalue weighted by atomic mass is 16.6. The van der Waals surface area contributed by atoms with Gasteiger partial charge in [0.15, 0.2) is 11.5 Å². The second kappa shape index (κ2) is 11.2. The molecule has 2 aromatic carbocycles. The molecule has 36 heavy (non-hydrogen) atoms. The van der Waals surface area contributed by atoms with Crippen molar-refractivity contribution in [2.75, 3.05) is 19.8 Å². The lowest BCUT2D eigenvalue weighted by atomic mass is 9.94. The van der Waals surface area contributed by atoms with Crippen molar-refractivity contribution in [3.8, 4) is 17.2 Å². The maximum absolute atomic E-state index is 14.0. The van der Waals surface area contributed by atoms with Crippen molar-refractivity contribution in [3.63, 3.8) is 0 Å². The van der Waals surface area contributed by atoms with Crippen molar-refractivity contribution in [2.45, 2.75) is 69.2 Å². The van der Waals surface area contributed by atoms with Gasteiger partial charge in [-0.25, -0.2) is 0 Å². The van der Waals surface area contributed by atoms with Crippen LogP contribution < -0.4 is 14.8 Å². The summed E-state index contributed by atoms with van der Waals surface area (Å²) in [5.74, 6) is 0.653. The van der Waals surface area contributed by atoms with E-state index in [0.717, 1.165) is 38.5 Å². The Labute approximate surface area is 211 Å². The van der Waals surface area contributed by atoms with Gasteiger partial charge in [0, 0.05) is 19.2 Å². The highest BCUT2D eigenvalue weighted by molar-refractivity contribution is 5.91. The van der Waals surface area contributed by atoms with E-state index in [4.69, 9.17) is 14.2 Å². The van der Waals surface area contributed by atoms with E-state index < -0.39 is 12.1 Å². The lowest BCUT2D eigenvalue weighted by molar-refractivity contribution is -0.150. The second-order valence-corrected chi connectivity index (χ2v) is 9.83.